The van der Waals surface area contributed by atoms with Gasteiger partial charge in [0.05, 0.1) is 17.9 Å². The summed E-state index contributed by atoms with van der Waals surface area (Å²) in [5.41, 5.74) is 0.805. The smallest absolute Gasteiger partial charge is 0.307 e. The SMILES string of the molecule is C[C@H](OC(=O)CCc1nc(-c2ccccc2)no1)C(=O)N[C@H]1CCS(=O)(=O)C1. The molecule has 0 aliphatic carbocycles. The highest BCUT2D eigenvalue weighted by atomic mass is 32.2. The maximum atomic E-state index is 12.1. The van der Waals surface area contributed by atoms with Crippen LogP contribution in [0, 0.1) is 0 Å². The topological polar surface area (TPSA) is 128 Å². The molecule has 3 rings (SSSR count). The van der Waals surface area contributed by atoms with E-state index in [9.17, 15) is 18.0 Å². The van der Waals surface area contributed by atoms with Gasteiger partial charge in [-0.3, -0.25) is 9.59 Å². The second-order valence-corrected chi connectivity index (χ2v) is 8.85. The molecule has 0 saturated carbocycles. The van der Waals surface area contributed by atoms with Gasteiger partial charge in [-0.25, -0.2) is 8.42 Å². The number of nitrogens with one attached hydrogen (secondary N) is 1. The predicted molar refractivity (Wildman–Crippen MR) is 98.8 cm³/mol. The lowest BCUT2D eigenvalue weighted by Crippen LogP contribution is -2.42. The zero-order valence-corrected chi connectivity index (χ0v) is 16.1. The maximum absolute atomic E-state index is 12.1. The molecular weight excluding hydrogens is 386 g/mol. The Hall–Kier alpha value is -2.75. The minimum Gasteiger partial charge on any atom is -0.453 e. The number of nitrogens with zero attached hydrogens (tertiary/aromatic N) is 2. The van der Waals surface area contributed by atoms with Crippen LogP contribution in [-0.2, 0) is 30.6 Å². The lowest BCUT2D eigenvalue weighted by atomic mass is 10.2. The van der Waals surface area contributed by atoms with E-state index >= 15 is 0 Å². The van der Waals surface area contributed by atoms with E-state index in [1.165, 1.54) is 6.92 Å². The van der Waals surface area contributed by atoms with Gasteiger partial charge in [0, 0.05) is 18.0 Å². The third-order valence-electron chi connectivity index (χ3n) is 4.30. The van der Waals surface area contributed by atoms with Crippen molar-refractivity contribution in [1.29, 1.82) is 0 Å². The number of sulfone groups is 1. The molecule has 2 heterocycles. The fourth-order valence-electron chi connectivity index (χ4n) is 2.81. The largest absolute Gasteiger partial charge is 0.453 e. The van der Waals surface area contributed by atoms with Gasteiger partial charge in [-0.1, -0.05) is 35.5 Å². The van der Waals surface area contributed by atoms with Crippen molar-refractivity contribution in [2.24, 2.45) is 0 Å². The molecule has 150 valence electrons. The first-order valence-corrected chi connectivity index (χ1v) is 10.7. The van der Waals surface area contributed by atoms with E-state index in [0.29, 0.717) is 18.1 Å². The molecule has 10 heteroatoms. The Morgan fingerprint density at radius 3 is 2.75 bits per heavy atom. The number of rotatable bonds is 7. The Balaban J connectivity index is 1.44. The van der Waals surface area contributed by atoms with E-state index in [-0.39, 0.29) is 24.3 Å². The Kier molecular flexibility index (Phi) is 6.08. The second-order valence-electron chi connectivity index (χ2n) is 6.62. The van der Waals surface area contributed by atoms with Crippen LogP contribution in [0.2, 0.25) is 0 Å². The summed E-state index contributed by atoms with van der Waals surface area (Å²) in [7, 11) is -3.09. The first kappa shape index (κ1) is 20.0. The lowest BCUT2D eigenvalue weighted by Gasteiger charge is -2.16. The highest BCUT2D eigenvalue weighted by Crippen LogP contribution is 2.16. The van der Waals surface area contributed by atoms with Gasteiger partial charge < -0.3 is 14.6 Å². The van der Waals surface area contributed by atoms with Crippen LogP contribution >= 0.6 is 0 Å². The molecule has 2 aromatic rings. The summed E-state index contributed by atoms with van der Waals surface area (Å²) in [6, 6.07) is 8.85. The molecular formula is C18H21N3O6S. The molecule has 1 aliphatic rings. The second kappa shape index (κ2) is 8.51. The molecule has 1 aromatic carbocycles. The number of carbonyl (C=O) groups excluding carboxylic acids is 2. The van der Waals surface area contributed by atoms with Gasteiger partial charge in [0.25, 0.3) is 5.91 Å². The Bertz CT molecular complexity index is 941. The molecule has 2 atom stereocenters. The molecule has 0 unspecified atom stereocenters. The van der Waals surface area contributed by atoms with Gasteiger partial charge in [-0.15, -0.1) is 0 Å². The quantitative estimate of drug-likeness (QED) is 0.671. The van der Waals surface area contributed by atoms with E-state index in [1.54, 1.807) is 0 Å². The zero-order valence-electron chi connectivity index (χ0n) is 15.3. The van der Waals surface area contributed by atoms with Crippen LogP contribution in [0.3, 0.4) is 0 Å². The monoisotopic (exact) mass is 407 g/mol. The molecule has 9 nitrogen and oxygen atoms in total. The molecule has 0 spiro atoms. The summed E-state index contributed by atoms with van der Waals surface area (Å²) in [4.78, 5) is 28.2. The highest BCUT2D eigenvalue weighted by Gasteiger charge is 2.30. The van der Waals surface area contributed by atoms with E-state index < -0.39 is 33.9 Å². The number of carbonyl (C=O) groups is 2. The normalized spacial score (nSPS) is 19.1. The van der Waals surface area contributed by atoms with Crippen molar-refractivity contribution < 1.29 is 27.3 Å². The molecule has 1 aromatic heterocycles. The van der Waals surface area contributed by atoms with Gasteiger partial charge in [-0.2, -0.15) is 4.98 Å². The standard InChI is InChI=1S/C18H21N3O6S/c1-12(18(23)19-14-9-10-28(24,25)11-14)26-16(22)8-7-15-20-17(21-27-15)13-5-3-2-4-6-13/h2-6,12,14H,7-11H2,1H3,(H,19,23)/t12-,14-/m0/s1. The van der Waals surface area contributed by atoms with Crippen LogP contribution in [0.15, 0.2) is 34.9 Å². The van der Waals surface area contributed by atoms with Crippen molar-refractivity contribution in [1.82, 2.24) is 15.5 Å². The number of aromatic nitrogens is 2. The van der Waals surface area contributed by atoms with Crippen LogP contribution in [0.1, 0.15) is 25.7 Å². The third-order valence-corrected chi connectivity index (χ3v) is 6.07. The average Bonchev–Trinajstić information content (AvgIpc) is 3.27. The molecule has 1 saturated heterocycles. The van der Waals surface area contributed by atoms with Gasteiger partial charge in [0.2, 0.25) is 11.7 Å². The van der Waals surface area contributed by atoms with Gasteiger partial charge in [-0.05, 0) is 13.3 Å². The summed E-state index contributed by atoms with van der Waals surface area (Å²) in [6.07, 6.45) is -0.478. The van der Waals surface area contributed by atoms with Gasteiger partial charge in [0.15, 0.2) is 15.9 Å². The Labute approximate surface area is 162 Å². The van der Waals surface area contributed by atoms with Gasteiger partial charge in [0.1, 0.15) is 0 Å². The number of aryl methyl sites for hydroxylation is 1. The van der Waals surface area contributed by atoms with Crippen molar-refractivity contribution >= 4 is 21.7 Å². The predicted octanol–water partition coefficient (Wildman–Crippen LogP) is 0.904. The first-order valence-electron chi connectivity index (χ1n) is 8.91. The number of benzene rings is 1. The molecule has 0 radical (unpaired) electrons. The molecule has 1 aliphatic heterocycles. The fraction of sp³-hybridized carbons (Fsp3) is 0.444. The lowest BCUT2D eigenvalue weighted by molar-refractivity contribution is -0.155. The minimum absolute atomic E-state index is 0.0220. The van der Waals surface area contributed by atoms with Crippen LogP contribution < -0.4 is 5.32 Å². The zero-order chi connectivity index (χ0) is 20.1. The Morgan fingerprint density at radius 1 is 1.32 bits per heavy atom. The van der Waals surface area contributed by atoms with E-state index in [1.807, 2.05) is 30.3 Å². The summed E-state index contributed by atoms with van der Waals surface area (Å²) in [5, 5.41) is 6.47. The third kappa shape index (κ3) is 5.38. The number of hydrogen-bond donors (Lipinski definition) is 1. The van der Waals surface area contributed by atoms with Crippen molar-refractivity contribution in [3.63, 3.8) is 0 Å². The van der Waals surface area contributed by atoms with E-state index in [4.69, 9.17) is 9.26 Å². The summed E-state index contributed by atoms with van der Waals surface area (Å²) in [6.45, 7) is 1.44. The van der Waals surface area contributed by atoms with Crippen molar-refractivity contribution in [2.45, 2.75) is 38.3 Å². The summed E-state index contributed by atoms with van der Waals surface area (Å²) >= 11 is 0. The Morgan fingerprint density at radius 2 is 2.07 bits per heavy atom. The molecule has 28 heavy (non-hydrogen) atoms. The number of ether oxygens (including phenoxy) is 1. The van der Waals surface area contributed by atoms with Crippen LogP contribution in [0.5, 0.6) is 0 Å². The van der Waals surface area contributed by atoms with E-state index in [0.717, 1.165) is 5.56 Å². The fourth-order valence-corrected chi connectivity index (χ4v) is 4.48. The van der Waals surface area contributed by atoms with Crippen molar-refractivity contribution in [3.05, 3.63) is 36.2 Å². The summed E-state index contributed by atoms with van der Waals surface area (Å²) < 4.78 is 33.1. The minimum atomic E-state index is -3.09. The number of amides is 1. The first-order chi connectivity index (χ1) is 13.3. The van der Waals surface area contributed by atoms with Crippen LogP contribution in [0.25, 0.3) is 11.4 Å². The molecule has 0 bridgehead atoms. The van der Waals surface area contributed by atoms with Crippen LogP contribution in [0.4, 0.5) is 0 Å². The molecule has 1 fully saturated rings. The molecule has 1 amide bonds. The van der Waals surface area contributed by atoms with Crippen molar-refractivity contribution in [2.75, 3.05) is 11.5 Å². The van der Waals surface area contributed by atoms with Crippen LogP contribution in [-0.4, -0.2) is 54.1 Å². The van der Waals surface area contributed by atoms with Gasteiger partial charge >= 0.3 is 5.97 Å². The maximum Gasteiger partial charge on any atom is 0.307 e. The van der Waals surface area contributed by atoms with Crippen molar-refractivity contribution in [3.8, 4) is 11.4 Å². The average molecular weight is 407 g/mol. The van der Waals surface area contributed by atoms with E-state index in [2.05, 4.69) is 15.5 Å². The highest BCUT2D eigenvalue weighted by molar-refractivity contribution is 7.91. The summed E-state index contributed by atoms with van der Waals surface area (Å²) in [5.74, 6) is -0.394. The number of hydrogen-bond acceptors (Lipinski definition) is 8. The molecule has 1 N–H and O–H groups in total. The number of esters is 1.